The monoisotopic (exact) mass is 460 g/mol. The number of aromatic nitrogens is 2. The van der Waals surface area contributed by atoms with Gasteiger partial charge in [-0.05, 0) is 48.9 Å². The molecule has 0 saturated carbocycles. The molecule has 0 unspecified atom stereocenters. The Kier molecular flexibility index (Phi) is 5.85. The van der Waals surface area contributed by atoms with Crippen LogP contribution in [0.15, 0.2) is 71.6 Å². The van der Waals surface area contributed by atoms with Crippen LogP contribution in [0, 0.1) is 18.3 Å². The van der Waals surface area contributed by atoms with Gasteiger partial charge in [-0.2, -0.15) is 5.26 Å². The highest BCUT2D eigenvalue weighted by Gasteiger charge is 2.28. The number of aromatic amines is 1. The second kappa shape index (κ2) is 8.76. The second-order valence-corrected chi connectivity index (χ2v) is 9.03. The van der Waals surface area contributed by atoms with Crippen molar-refractivity contribution in [2.75, 3.05) is 11.8 Å². The lowest BCUT2D eigenvalue weighted by atomic mass is 9.95. The summed E-state index contributed by atoms with van der Waals surface area (Å²) >= 11 is 0. The van der Waals surface area contributed by atoms with Gasteiger partial charge in [0.15, 0.2) is 11.7 Å². The number of aryl methyl sites for hydroxylation is 1. The molecule has 0 amide bonds. The molecule has 2 N–H and O–H groups in total. The van der Waals surface area contributed by atoms with Gasteiger partial charge in [0.2, 0.25) is 0 Å². The maximum Gasteiger partial charge on any atom is 0.262 e. The number of para-hydroxylation sites is 4. The molecule has 166 valence electrons. The van der Waals surface area contributed by atoms with Gasteiger partial charge >= 0.3 is 0 Å². The Morgan fingerprint density at radius 2 is 1.85 bits per heavy atom. The van der Waals surface area contributed by atoms with Crippen molar-refractivity contribution in [3.05, 3.63) is 83.7 Å². The first-order valence-electron chi connectivity index (χ1n) is 9.99. The fourth-order valence-corrected chi connectivity index (χ4v) is 4.57. The summed E-state index contributed by atoms with van der Waals surface area (Å²) in [6.07, 6.45) is 0. The number of ether oxygens (including phenoxy) is 1. The summed E-state index contributed by atoms with van der Waals surface area (Å²) in [5, 5.41) is 9.73. The predicted molar refractivity (Wildman–Crippen MR) is 124 cm³/mol. The van der Waals surface area contributed by atoms with Gasteiger partial charge in [0.05, 0.1) is 34.8 Å². The van der Waals surface area contributed by atoms with Gasteiger partial charge in [-0.3, -0.25) is 9.52 Å². The van der Waals surface area contributed by atoms with Crippen LogP contribution >= 0.6 is 0 Å². The van der Waals surface area contributed by atoms with Crippen LogP contribution in [0.3, 0.4) is 0 Å². The number of sulfonamides is 1. The molecule has 8 nitrogen and oxygen atoms in total. The van der Waals surface area contributed by atoms with E-state index in [0.29, 0.717) is 22.3 Å². The van der Waals surface area contributed by atoms with Gasteiger partial charge in [0.1, 0.15) is 11.6 Å². The van der Waals surface area contributed by atoms with Gasteiger partial charge in [-0.25, -0.2) is 13.4 Å². The summed E-state index contributed by atoms with van der Waals surface area (Å²) in [6, 6.07) is 20.0. The van der Waals surface area contributed by atoms with Crippen molar-refractivity contribution in [3.8, 4) is 11.8 Å². The molecule has 9 heteroatoms. The minimum absolute atomic E-state index is 0.108. The molecular weight excluding hydrogens is 440 g/mol. The number of nitriles is 1. The molecule has 0 bridgehead atoms. The number of fused-ring (bicyclic) bond motifs is 1. The van der Waals surface area contributed by atoms with Crippen molar-refractivity contribution in [3.63, 3.8) is 0 Å². The molecule has 4 aromatic rings. The maximum absolute atomic E-state index is 13.3. The third-order valence-corrected chi connectivity index (χ3v) is 6.57. The Hall–Kier alpha value is -4.16. The van der Waals surface area contributed by atoms with Gasteiger partial charge in [-0.15, -0.1) is 0 Å². The van der Waals surface area contributed by atoms with Crippen LogP contribution in [-0.2, 0) is 10.0 Å². The van der Waals surface area contributed by atoms with Gasteiger partial charge in [-0.1, -0.05) is 30.3 Å². The SMILES string of the molecule is COc1ccccc1NS(=O)(=O)c1ccc(C)c(C(=O)[C@@H](C#N)c2nc3ccccc3[nH]2)c1. The van der Waals surface area contributed by atoms with Crippen molar-refractivity contribution in [2.45, 2.75) is 17.7 Å². The number of methoxy groups -OCH3 is 1. The highest BCUT2D eigenvalue weighted by molar-refractivity contribution is 7.92. The summed E-state index contributed by atoms with van der Waals surface area (Å²) in [5.41, 5.74) is 2.28. The fourth-order valence-electron chi connectivity index (χ4n) is 3.48. The minimum Gasteiger partial charge on any atom is -0.495 e. The van der Waals surface area contributed by atoms with E-state index in [2.05, 4.69) is 14.7 Å². The smallest absolute Gasteiger partial charge is 0.262 e. The van der Waals surface area contributed by atoms with E-state index in [4.69, 9.17) is 4.74 Å². The van der Waals surface area contributed by atoms with Crippen LogP contribution < -0.4 is 9.46 Å². The van der Waals surface area contributed by atoms with E-state index in [1.165, 1.54) is 25.3 Å². The predicted octanol–water partition coefficient (Wildman–Crippen LogP) is 4.17. The molecule has 3 aromatic carbocycles. The number of rotatable bonds is 7. The number of carbonyl (C=O) groups is 1. The van der Waals surface area contributed by atoms with E-state index in [9.17, 15) is 18.5 Å². The van der Waals surface area contributed by atoms with E-state index in [0.717, 1.165) is 0 Å². The average Bonchev–Trinajstić information content (AvgIpc) is 3.23. The maximum atomic E-state index is 13.3. The number of benzene rings is 3. The molecule has 0 aliphatic heterocycles. The first-order valence-corrected chi connectivity index (χ1v) is 11.5. The molecule has 4 rings (SSSR count). The molecule has 0 saturated heterocycles. The van der Waals surface area contributed by atoms with Crippen molar-refractivity contribution < 1.29 is 17.9 Å². The number of hydrogen-bond acceptors (Lipinski definition) is 6. The van der Waals surface area contributed by atoms with Crippen LogP contribution in [-0.4, -0.2) is 31.3 Å². The Labute approximate surface area is 190 Å². The highest BCUT2D eigenvalue weighted by atomic mass is 32.2. The van der Waals surface area contributed by atoms with Crippen LogP contribution in [0.5, 0.6) is 5.75 Å². The molecule has 33 heavy (non-hydrogen) atoms. The summed E-state index contributed by atoms with van der Waals surface area (Å²) in [6.45, 7) is 1.68. The lowest BCUT2D eigenvalue weighted by Crippen LogP contribution is -2.17. The first-order chi connectivity index (χ1) is 15.8. The number of hydrogen-bond donors (Lipinski definition) is 2. The number of anilines is 1. The topological polar surface area (TPSA) is 125 Å². The van der Waals surface area contributed by atoms with Gasteiger partial charge in [0, 0.05) is 5.56 Å². The molecule has 1 atom stereocenters. The summed E-state index contributed by atoms with van der Waals surface area (Å²) in [5.74, 6) is -1.18. The van der Waals surface area contributed by atoms with E-state index in [-0.39, 0.29) is 22.0 Å². The number of imidazole rings is 1. The standard InChI is InChI=1S/C24H20N4O4S/c1-15-11-12-16(33(30,31)28-21-9-5-6-10-22(21)32-2)13-17(15)23(29)18(14-25)24-26-19-7-3-4-8-20(19)27-24/h3-13,18,28H,1-2H3,(H,26,27)/t18-/m1/s1. The lowest BCUT2D eigenvalue weighted by Gasteiger charge is -2.14. The summed E-state index contributed by atoms with van der Waals surface area (Å²) in [7, 11) is -2.58. The van der Waals surface area contributed by atoms with E-state index < -0.39 is 21.7 Å². The Morgan fingerprint density at radius 1 is 1.12 bits per heavy atom. The lowest BCUT2D eigenvalue weighted by molar-refractivity contribution is 0.0975. The van der Waals surface area contributed by atoms with Gasteiger partial charge < -0.3 is 9.72 Å². The van der Waals surface area contributed by atoms with Crippen LogP contribution in [0.1, 0.15) is 27.7 Å². The Balaban J connectivity index is 1.70. The number of Topliss-reactive ketones (excluding diaryl/α,β-unsaturated/α-hetero) is 1. The molecule has 0 fully saturated rings. The molecular formula is C24H20N4O4S. The quantitative estimate of drug-likeness (QED) is 0.399. The molecule has 0 aliphatic rings. The molecule has 1 heterocycles. The number of nitrogens with zero attached hydrogens (tertiary/aromatic N) is 2. The highest BCUT2D eigenvalue weighted by Crippen LogP contribution is 2.28. The third kappa shape index (κ3) is 4.29. The van der Waals surface area contributed by atoms with Crippen molar-refractivity contribution in [1.82, 2.24) is 9.97 Å². The van der Waals surface area contributed by atoms with Crippen LogP contribution in [0.25, 0.3) is 11.0 Å². The first kappa shape index (κ1) is 22.0. The second-order valence-electron chi connectivity index (χ2n) is 7.35. The zero-order valence-corrected chi connectivity index (χ0v) is 18.7. The minimum atomic E-state index is -4.02. The van der Waals surface area contributed by atoms with E-state index >= 15 is 0 Å². The van der Waals surface area contributed by atoms with E-state index in [1.807, 2.05) is 18.2 Å². The Morgan fingerprint density at radius 3 is 2.58 bits per heavy atom. The average molecular weight is 461 g/mol. The van der Waals surface area contributed by atoms with E-state index in [1.54, 1.807) is 43.3 Å². The normalized spacial score (nSPS) is 12.2. The number of ketones is 1. The number of H-pyrrole nitrogens is 1. The molecule has 0 spiro atoms. The van der Waals surface area contributed by atoms with Crippen molar-refractivity contribution in [2.24, 2.45) is 0 Å². The largest absolute Gasteiger partial charge is 0.495 e. The van der Waals surface area contributed by atoms with Gasteiger partial charge in [0.25, 0.3) is 10.0 Å². The van der Waals surface area contributed by atoms with Crippen molar-refractivity contribution in [1.29, 1.82) is 5.26 Å². The summed E-state index contributed by atoms with van der Waals surface area (Å²) < 4.78 is 33.7. The number of nitrogens with one attached hydrogen (secondary N) is 2. The third-order valence-electron chi connectivity index (χ3n) is 5.21. The number of carbonyl (C=O) groups excluding carboxylic acids is 1. The van der Waals surface area contributed by atoms with Crippen molar-refractivity contribution >= 4 is 32.5 Å². The zero-order valence-electron chi connectivity index (χ0n) is 17.9. The zero-order chi connectivity index (χ0) is 23.6. The molecule has 1 aromatic heterocycles. The Bertz CT molecular complexity index is 1470. The fraction of sp³-hybridized carbons (Fsp3) is 0.125. The molecule has 0 radical (unpaired) electrons. The van der Waals surface area contributed by atoms with Crippen LogP contribution in [0.4, 0.5) is 5.69 Å². The summed E-state index contributed by atoms with van der Waals surface area (Å²) in [4.78, 5) is 20.6. The molecule has 0 aliphatic carbocycles. The van der Waals surface area contributed by atoms with Crippen LogP contribution in [0.2, 0.25) is 0 Å².